The van der Waals surface area contributed by atoms with Crippen LogP contribution in [-0.2, 0) is 11.3 Å². The Morgan fingerprint density at radius 1 is 1.41 bits per heavy atom. The maximum Gasteiger partial charge on any atom is 0.422 e. The Bertz CT molecular complexity index is 716. The van der Waals surface area contributed by atoms with Gasteiger partial charge in [-0.05, 0) is 18.2 Å². The van der Waals surface area contributed by atoms with Crippen LogP contribution in [0.25, 0.3) is 10.9 Å². The Morgan fingerprint density at radius 3 is 2.76 bits per heavy atom. The van der Waals surface area contributed by atoms with Crippen LogP contribution in [0.15, 0.2) is 36.7 Å². The number of hydrogen-bond acceptors (Lipinski definition) is 4. The number of amides is 1. The maximum absolute atomic E-state index is 11.5. The van der Waals surface area contributed by atoms with Gasteiger partial charge in [0.25, 0.3) is 0 Å². The minimum atomic E-state index is -0.899. The van der Waals surface area contributed by atoms with Gasteiger partial charge in [-0.1, -0.05) is 15.9 Å². The van der Waals surface area contributed by atoms with Crippen LogP contribution in [0.5, 0.6) is 0 Å². The van der Waals surface area contributed by atoms with Crippen molar-refractivity contribution in [1.29, 1.82) is 0 Å². The molecule has 1 amide bonds. The first-order valence-electron chi connectivity index (χ1n) is 4.60. The van der Waals surface area contributed by atoms with E-state index in [1.54, 1.807) is 12.1 Å². The Kier molecular flexibility index (Phi) is 2.84. The third-order valence-electron chi connectivity index (χ3n) is 2.18. The predicted molar refractivity (Wildman–Crippen MR) is 63.6 cm³/mol. The summed E-state index contributed by atoms with van der Waals surface area (Å²) in [6.45, 7) is -0.333. The summed E-state index contributed by atoms with van der Waals surface area (Å²) in [5.74, 6) is -1.59. The van der Waals surface area contributed by atoms with E-state index in [4.69, 9.17) is 5.73 Å². The highest BCUT2D eigenvalue weighted by Crippen LogP contribution is 2.15. The lowest BCUT2D eigenvalue weighted by atomic mass is 10.2. The molecule has 7 heteroatoms. The molecule has 0 unspecified atom stereocenters. The smallest absolute Gasteiger partial charge is 0.372 e. The lowest BCUT2D eigenvalue weighted by molar-refractivity contribution is -0.118. The minimum absolute atomic E-state index is 0.209. The maximum atomic E-state index is 11.5. The minimum Gasteiger partial charge on any atom is -0.372 e. The molecule has 0 aliphatic carbocycles. The molecule has 2 rings (SSSR count). The fourth-order valence-corrected chi connectivity index (χ4v) is 1.86. The van der Waals surface area contributed by atoms with Crippen molar-refractivity contribution < 1.29 is 9.21 Å². The molecule has 0 fully saturated rings. The van der Waals surface area contributed by atoms with E-state index in [0.29, 0.717) is 9.99 Å². The Morgan fingerprint density at radius 2 is 2.12 bits per heavy atom. The van der Waals surface area contributed by atoms with E-state index in [1.165, 1.54) is 6.07 Å². The van der Waals surface area contributed by atoms with Crippen molar-refractivity contribution in [3.05, 3.63) is 43.6 Å². The van der Waals surface area contributed by atoms with Gasteiger partial charge in [-0.2, -0.15) is 0 Å². The van der Waals surface area contributed by atoms with Crippen molar-refractivity contribution in [3.8, 4) is 0 Å². The lowest BCUT2D eigenvalue weighted by Gasteiger charge is -2.05. The summed E-state index contributed by atoms with van der Waals surface area (Å²) in [6, 6.07) is 4.71. The van der Waals surface area contributed by atoms with Gasteiger partial charge in [0.15, 0.2) is 0 Å². The molecule has 2 aromatic rings. The normalized spacial score (nSPS) is 10.6. The third-order valence-corrected chi connectivity index (χ3v) is 2.68. The molecule has 0 spiro atoms. The number of benzene rings is 1. The van der Waals surface area contributed by atoms with E-state index in [1.807, 2.05) is 0 Å². The Hall–Kier alpha value is -1.89. The average molecular weight is 299 g/mol. The lowest BCUT2D eigenvalue weighted by Crippen LogP contribution is -2.30. The first-order valence-corrected chi connectivity index (χ1v) is 5.40. The fraction of sp³-hybridized carbons (Fsp3) is 0.100. The number of aromatic nitrogens is 1. The molecular formula is C10H7BrN2O4. The topological polar surface area (TPSA) is 95.3 Å². The molecule has 1 aromatic heterocycles. The van der Waals surface area contributed by atoms with Crippen LogP contribution in [-0.4, -0.2) is 10.5 Å². The van der Waals surface area contributed by atoms with E-state index >= 15 is 0 Å². The summed E-state index contributed by atoms with van der Waals surface area (Å²) >= 11 is 3.20. The summed E-state index contributed by atoms with van der Waals surface area (Å²) in [6.07, 6.45) is 0. The summed E-state index contributed by atoms with van der Waals surface area (Å²) in [5, 5.41) is 0.209. The molecule has 0 radical (unpaired) electrons. The van der Waals surface area contributed by atoms with Crippen LogP contribution >= 0.6 is 15.9 Å². The van der Waals surface area contributed by atoms with Crippen LogP contribution in [0.4, 0.5) is 0 Å². The molecule has 0 bridgehead atoms. The number of primary amides is 1. The van der Waals surface area contributed by atoms with Gasteiger partial charge in [0.05, 0.1) is 10.9 Å². The summed E-state index contributed by atoms with van der Waals surface area (Å²) in [7, 11) is 0. The van der Waals surface area contributed by atoms with Crippen LogP contribution in [0, 0.1) is 0 Å². The first-order chi connectivity index (χ1) is 7.99. The van der Waals surface area contributed by atoms with Crippen molar-refractivity contribution in [2.24, 2.45) is 5.73 Å². The van der Waals surface area contributed by atoms with Crippen molar-refractivity contribution in [1.82, 2.24) is 4.57 Å². The van der Waals surface area contributed by atoms with Crippen molar-refractivity contribution in [2.45, 2.75) is 6.54 Å². The second-order valence-corrected chi connectivity index (χ2v) is 4.29. The highest BCUT2D eigenvalue weighted by Gasteiger charge is 2.11. The van der Waals surface area contributed by atoms with Gasteiger partial charge >= 0.3 is 11.4 Å². The standard InChI is InChI=1S/C10H7BrN2O4/c11-5-1-2-7-6(3-5)9(15)17-10(16)13(7)4-8(12)14/h1-3H,4H2,(H2,12,14). The van der Waals surface area contributed by atoms with Gasteiger partial charge in [0.2, 0.25) is 5.91 Å². The number of hydrogen-bond donors (Lipinski definition) is 1. The SMILES string of the molecule is NC(=O)Cn1c(=O)oc(=O)c2cc(Br)ccc21. The number of carbonyl (C=O) groups is 1. The number of nitrogens with two attached hydrogens (primary N) is 1. The van der Waals surface area contributed by atoms with E-state index in [2.05, 4.69) is 20.3 Å². The molecule has 0 atom stereocenters. The molecule has 17 heavy (non-hydrogen) atoms. The molecule has 1 aromatic carbocycles. The van der Waals surface area contributed by atoms with Gasteiger partial charge in [-0.15, -0.1) is 0 Å². The van der Waals surface area contributed by atoms with Crippen LogP contribution in [0.1, 0.15) is 0 Å². The number of halogens is 1. The summed E-state index contributed by atoms with van der Waals surface area (Å²) in [4.78, 5) is 33.8. The molecule has 0 aliphatic rings. The largest absolute Gasteiger partial charge is 0.422 e. The zero-order chi connectivity index (χ0) is 12.6. The first kappa shape index (κ1) is 11.6. The van der Waals surface area contributed by atoms with E-state index in [-0.39, 0.29) is 11.9 Å². The fourth-order valence-electron chi connectivity index (χ4n) is 1.50. The van der Waals surface area contributed by atoms with Gasteiger partial charge in [0, 0.05) is 4.47 Å². The molecule has 0 aliphatic heterocycles. The monoisotopic (exact) mass is 298 g/mol. The van der Waals surface area contributed by atoms with Gasteiger partial charge in [0.1, 0.15) is 6.54 Å². The van der Waals surface area contributed by atoms with Crippen molar-refractivity contribution >= 4 is 32.7 Å². The number of nitrogens with zero attached hydrogens (tertiary/aromatic N) is 1. The van der Waals surface area contributed by atoms with Crippen molar-refractivity contribution in [2.75, 3.05) is 0 Å². The quantitative estimate of drug-likeness (QED) is 0.857. The van der Waals surface area contributed by atoms with Gasteiger partial charge < -0.3 is 10.2 Å². The van der Waals surface area contributed by atoms with Crippen LogP contribution in [0.2, 0.25) is 0 Å². The summed E-state index contributed by atoms with van der Waals surface area (Å²) < 4.78 is 6.19. The van der Waals surface area contributed by atoms with Crippen LogP contribution in [0.3, 0.4) is 0 Å². The van der Waals surface area contributed by atoms with Crippen molar-refractivity contribution in [3.63, 3.8) is 0 Å². The van der Waals surface area contributed by atoms with E-state index in [0.717, 1.165) is 4.57 Å². The predicted octanol–water partition coefficient (Wildman–Crippen LogP) is 0.202. The second kappa shape index (κ2) is 4.17. The summed E-state index contributed by atoms with van der Waals surface area (Å²) in [5.41, 5.74) is 4.59. The number of carbonyl (C=O) groups excluding carboxylic acids is 1. The Balaban J connectivity index is 2.88. The molecule has 0 saturated carbocycles. The molecule has 1 heterocycles. The molecule has 88 valence electrons. The third kappa shape index (κ3) is 2.14. The second-order valence-electron chi connectivity index (χ2n) is 3.37. The average Bonchev–Trinajstić information content (AvgIpc) is 2.24. The van der Waals surface area contributed by atoms with Crippen LogP contribution < -0.4 is 17.1 Å². The van der Waals surface area contributed by atoms with E-state index < -0.39 is 17.3 Å². The number of fused-ring (bicyclic) bond motifs is 1. The molecular weight excluding hydrogens is 292 g/mol. The highest BCUT2D eigenvalue weighted by atomic mass is 79.9. The number of rotatable bonds is 2. The molecule has 6 nitrogen and oxygen atoms in total. The Labute approximate surface area is 103 Å². The zero-order valence-corrected chi connectivity index (χ0v) is 10.1. The molecule has 2 N–H and O–H groups in total. The van der Waals surface area contributed by atoms with E-state index in [9.17, 15) is 14.4 Å². The van der Waals surface area contributed by atoms with Gasteiger partial charge in [-0.25, -0.2) is 9.59 Å². The highest BCUT2D eigenvalue weighted by molar-refractivity contribution is 9.10. The zero-order valence-electron chi connectivity index (χ0n) is 8.47. The molecule has 0 saturated heterocycles. The van der Waals surface area contributed by atoms with Gasteiger partial charge in [-0.3, -0.25) is 9.36 Å².